The van der Waals surface area contributed by atoms with Crippen LogP contribution in [0, 0.1) is 5.92 Å². The zero-order chi connectivity index (χ0) is 10.8. The van der Waals surface area contributed by atoms with Crippen LogP contribution in [0.15, 0.2) is 0 Å². The van der Waals surface area contributed by atoms with Crippen molar-refractivity contribution in [3.8, 4) is 0 Å². The Labute approximate surface area is 87.7 Å². The van der Waals surface area contributed by atoms with Crippen LogP contribution in [0.2, 0.25) is 0 Å². The molecule has 1 rings (SSSR count). The second kappa shape index (κ2) is 4.19. The van der Waals surface area contributed by atoms with Gasteiger partial charge < -0.3 is 9.84 Å². The van der Waals surface area contributed by atoms with Gasteiger partial charge in [-0.25, -0.2) is 0 Å². The largest absolute Gasteiger partial charge is 0.390 e. The second-order valence-electron chi connectivity index (χ2n) is 5.31. The Morgan fingerprint density at radius 1 is 1.36 bits per heavy atom. The molecule has 2 heteroatoms. The Balaban J connectivity index is 2.48. The van der Waals surface area contributed by atoms with Gasteiger partial charge in [0.15, 0.2) is 0 Å². The van der Waals surface area contributed by atoms with E-state index in [9.17, 15) is 5.11 Å². The maximum absolute atomic E-state index is 9.85. The SMILES string of the molecule is CCOC(C)(C)C1CCC(C)(O)CC1. The standard InChI is InChI=1S/C12H24O2/c1-5-14-11(2,3)10-6-8-12(4,13)9-7-10/h10,13H,5-9H2,1-4H3. The van der Waals surface area contributed by atoms with Crippen LogP contribution in [0.1, 0.15) is 53.4 Å². The molecule has 0 radical (unpaired) electrons. The van der Waals surface area contributed by atoms with Crippen molar-refractivity contribution in [1.82, 2.24) is 0 Å². The van der Waals surface area contributed by atoms with Crippen LogP contribution in [-0.4, -0.2) is 22.9 Å². The molecule has 1 aliphatic rings. The van der Waals surface area contributed by atoms with Crippen LogP contribution < -0.4 is 0 Å². The first-order valence-corrected chi connectivity index (χ1v) is 5.74. The lowest BCUT2D eigenvalue weighted by Crippen LogP contribution is -2.41. The summed E-state index contributed by atoms with van der Waals surface area (Å²) in [6, 6.07) is 0. The van der Waals surface area contributed by atoms with E-state index < -0.39 is 5.60 Å². The van der Waals surface area contributed by atoms with Gasteiger partial charge in [-0.15, -0.1) is 0 Å². The number of hydrogen-bond donors (Lipinski definition) is 1. The molecule has 0 aromatic rings. The normalized spacial score (nSPS) is 34.5. The molecule has 1 fully saturated rings. The van der Waals surface area contributed by atoms with Crippen molar-refractivity contribution in [1.29, 1.82) is 0 Å². The lowest BCUT2D eigenvalue weighted by atomic mass is 9.73. The maximum atomic E-state index is 9.85. The molecule has 0 heterocycles. The van der Waals surface area contributed by atoms with Crippen molar-refractivity contribution >= 4 is 0 Å². The van der Waals surface area contributed by atoms with Crippen LogP contribution in [0.3, 0.4) is 0 Å². The Bertz CT molecular complexity index is 175. The summed E-state index contributed by atoms with van der Waals surface area (Å²) in [7, 11) is 0. The Morgan fingerprint density at radius 3 is 2.29 bits per heavy atom. The van der Waals surface area contributed by atoms with Crippen molar-refractivity contribution in [2.45, 2.75) is 64.6 Å². The fraction of sp³-hybridized carbons (Fsp3) is 1.00. The summed E-state index contributed by atoms with van der Waals surface area (Å²) in [6.45, 7) is 9.10. The van der Waals surface area contributed by atoms with E-state index in [0.29, 0.717) is 5.92 Å². The average molecular weight is 200 g/mol. The van der Waals surface area contributed by atoms with E-state index in [1.54, 1.807) is 0 Å². The summed E-state index contributed by atoms with van der Waals surface area (Å²) in [6.07, 6.45) is 3.99. The van der Waals surface area contributed by atoms with Gasteiger partial charge in [-0.05, 0) is 59.3 Å². The molecule has 1 saturated carbocycles. The summed E-state index contributed by atoms with van der Waals surface area (Å²) in [5.74, 6) is 0.600. The van der Waals surface area contributed by atoms with Gasteiger partial charge in [0.05, 0.1) is 11.2 Å². The topological polar surface area (TPSA) is 29.5 Å². The molecule has 0 bridgehead atoms. The molecule has 2 nitrogen and oxygen atoms in total. The van der Waals surface area contributed by atoms with E-state index in [-0.39, 0.29) is 5.60 Å². The van der Waals surface area contributed by atoms with Crippen LogP contribution in [0.25, 0.3) is 0 Å². The number of aliphatic hydroxyl groups is 1. The molecule has 0 aromatic carbocycles. The molecule has 0 atom stereocenters. The first-order chi connectivity index (χ1) is 6.37. The third-order valence-electron chi connectivity index (χ3n) is 3.56. The molecule has 0 unspecified atom stereocenters. The molecule has 1 N–H and O–H groups in total. The van der Waals surface area contributed by atoms with Crippen LogP contribution in [0.4, 0.5) is 0 Å². The van der Waals surface area contributed by atoms with Crippen molar-refractivity contribution in [2.75, 3.05) is 6.61 Å². The highest BCUT2D eigenvalue weighted by Crippen LogP contribution is 2.38. The van der Waals surface area contributed by atoms with Gasteiger partial charge >= 0.3 is 0 Å². The molecule has 0 saturated heterocycles. The van der Waals surface area contributed by atoms with E-state index in [0.717, 1.165) is 32.3 Å². The minimum Gasteiger partial charge on any atom is -0.390 e. The molecule has 0 aromatic heterocycles. The Morgan fingerprint density at radius 2 is 1.86 bits per heavy atom. The van der Waals surface area contributed by atoms with Crippen LogP contribution in [0.5, 0.6) is 0 Å². The molecular formula is C12H24O2. The van der Waals surface area contributed by atoms with Crippen LogP contribution >= 0.6 is 0 Å². The summed E-state index contributed by atoms with van der Waals surface area (Å²) in [5.41, 5.74) is -0.454. The molecule has 0 aliphatic heterocycles. The van der Waals surface area contributed by atoms with E-state index in [2.05, 4.69) is 13.8 Å². The molecule has 0 spiro atoms. The summed E-state index contributed by atoms with van der Waals surface area (Å²) in [5, 5.41) is 9.85. The van der Waals surface area contributed by atoms with Gasteiger partial charge in [-0.1, -0.05) is 0 Å². The van der Waals surface area contributed by atoms with Gasteiger partial charge in [0.1, 0.15) is 0 Å². The van der Waals surface area contributed by atoms with Crippen molar-refractivity contribution in [3.63, 3.8) is 0 Å². The Hall–Kier alpha value is -0.0800. The van der Waals surface area contributed by atoms with E-state index in [1.807, 2.05) is 13.8 Å². The van der Waals surface area contributed by atoms with Crippen molar-refractivity contribution < 1.29 is 9.84 Å². The molecular weight excluding hydrogens is 176 g/mol. The zero-order valence-electron chi connectivity index (χ0n) is 9.97. The van der Waals surface area contributed by atoms with Crippen molar-refractivity contribution in [3.05, 3.63) is 0 Å². The first-order valence-electron chi connectivity index (χ1n) is 5.74. The molecule has 14 heavy (non-hydrogen) atoms. The third kappa shape index (κ3) is 2.96. The lowest BCUT2D eigenvalue weighted by Gasteiger charge is -2.41. The van der Waals surface area contributed by atoms with Crippen molar-refractivity contribution in [2.24, 2.45) is 5.92 Å². The zero-order valence-corrected chi connectivity index (χ0v) is 9.97. The second-order valence-corrected chi connectivity index (χ2v) is 5.31. The summed E-state index contributed by atoms with van der Waals surface area (Å²) >= 11 is 0. The predicted molar refractivity (Wildman–Crippen MR) is 58.3 cm³/mol. The Kier molecular flexibility index (Phi) is 3.59. The van der Waals surface area contributed by atoms with Gasteiger partial charge in [0.25, 0.3) is 0 Å². The molecule has 0 amide bonds. The lowest BCUT2D eigenvalue weighted by molar-refractivity contribution is -0.0885. The minimum atomic E-state index is -0.432. The number of hydrogen-bond acceptors (Lipinski definition) is 2. The van der Waals surface area contributed by atoms with Gasteiger partial charge in [0.2, 0.25) is 0 Å². The highest BCUT2D eigenvalue weighted by molar-refractivity contribution is 4.88. The summed E-state index contributed by atoms with van der Waals surface area (Å²) in [4.78, 5) is 0. The minimum absolute atomic E-state index is 0.0226. The average Bonchev–Trinajstić information content (AvgIpc) is 2.03. The first kappa shape index (κ1) is 12.0. The predicted octanol–water partition coefficient (Wildman–Crippen LogP) is 2.74. The van der Waals surface area contributed by atoms with Gasteiger partial charge in [0, 0.05) is 6.61 Å². The van der Waals surface area contributed by atoms with E-state index in [4.69, 9.17) is 4.74 Å². The van der Waals surface area contributed by atoms with Crippen LogP contribution in [-0.2, 0) is 4.74 Å². The van der Waals surface area contributed by atoms with Gasteiger partial charge in [-0.3, -0.25) is 0 Å². The maximum Gasteiger partial charge on any atom is 0.0654 e. The molecule has 84 valence electrons. The smallest absolute Gasteiger partial charge is 0.0654 e. The summed E-state index contributed by atoms with van der Waals surface area (Å²) < 4.78 is 5.76. The van der Waals surface area contributed by atoms with Gasteiger partial charge in [-0.2, -0.15) is 0 Å². The number of rotatable bonds is 3. The monoisotopic (exact) mass is 200 g/mol. The fourth-order valence-electron chi connectivity index (χ4n) is 2.42. The quantitative estimate of drug-likeness (QED) is 0.759. The van der Waals surface area contributed by atoms with E-state index >= 15 is 0 Å². The number of ether oxygens (including phenoxy) is 1. The highest BCUT2D eigenvalue weighted by atomic mass is 16.5. The third-order valence-corrected chi connectivity index (χ3v) is 3.56. The fourth-order valence-corrected chi connectivity index (χ4v) is 2.42. The van der Waals surface area contributed by atoms with E-state index in [1.165, 1.54) is 0 Å². The highest BCUT2D eigenvalue weighted by Gasteiger charge is 2.37. The molecule has 1 aliphatic carbocycles.